The Morgan fingerprint density at radius 3 is 2.38 bits per heavy atom. The number of halogens is 1. The van der Waals surface area contributed by atoms with Crippen LogP contribution in [0.2, 0.25) is 5.02 Å². The zero-order valence-corrected chi connectivity index (χ0v) is 13.8. The number of aryl methyl sites for hydroxylation is 1. The van der Waals surface area contributed by atoms with Crippen molar-refractivity contribution in [1.82, 2.24) is 20.0 Å². The molecule has 21 heavy (non-hydrogen) atoms. The summed E-state index contributed by atoms with van der Waals surface area (Å²) >= 11 is 7.62. The van der Waals surface area contributed by atoms with Crippen LogP contribution >= 0.6 is 22.9 Å². The average Bonchev–Trinajstić information content (AvgIpc) is 2.89. The van der Waals surface area contributed by atoms with Crippen molar-refractivity contribution in [3.8, 4) is 10.7 Å². The quantitative estimate of drug-likeness (QED) is 0.709. The van der Waals surface area contributed by atoms with Gasteiger partial charge >= 0.3 is 10.4 Å². The molecule has 2 aromatic rings. The van der Waals surface area contributed by atoms with Gasteiger partial charge in [-0.1, -0.05) is 22.9 Å². The molecule has 12 heteroatoms. The second-order valence-electron chi connectivity index (χ2n) is 3.76. The van der Waals surface area contributed by atoms with Gasteiger partial charge < -0.3 is 5.32 Å². The van der Waals surface area contributed by atoms with Crippen LogP contribution in [-0.4, -0.2) is 44.0 Å². The second-order valence-corrected chi connectivity index (χ2v) is 6.01. The van der Waals surface area contributed by atoms with Gasteiger partial charge in [0.1, 0.15) is 5.69 Å². The van der Waals surface area contributed by atoms with Crippen molar-refractivity contribution in [1.29, 1.82) is 0 Å². The summed E-state index contributed by atoms with van der Waals surface area (Å²) in [5.74, 6) is 0. The minimum Gasteiger partial charge on any atom is -0.360 e. The summed E-state index contributed by atoms with van der Waals surface area (Å²) < 4.78 is 33.3. The van der Waals surface area contributed by atoms with Crippen molar-refractivity contribution in [2.45, 2.75) is 13.8 Å². The van der Waals surface area contributed by atoms with Crippen LogP contribution in [0.4, 0.5) is 5.13 Å². The van der Waals surface area contributed by atoms with Gasteiger partial charge in [-0.2, -0.15) is 13.5 Å². The number of rotatable bonds is 3. The van der Waals surface area contributed by atoms with Crippen molar-refractivity contribution in [3.05, 3.63) is 10.7 Å². The maximum atomic E-state index is 8.74. The molecule has 0 unspecified atom stereocenters. The predicted octanol–water partition coefficient (Wildman–Crippen LogP) is 1.68. The highest BCUT2D eigenvalue weighted by Crippen LogP contribution is 2.32. The van der Waals surface area contributed by atoms with Crippen molar-refractivity contribution in [3.63, 3.8) is 0 Å². The highest BCUT2D eigenvalue weighted by Gasteiger charge is 2.16. The standard InChI is InChI=1S/C9H12ClN5S.H2O4S/c1-4-11-9-13-12-8(16-9)7-6(10)5(2)15(3)14-7;1-5(2,3)4/h4H2,1-3H3,(H,11,13);(H2,1,2,3,4). The van der Waals surface area contributed by atoms with E-state index < -0.39 is 10.4 Å². The summed E-state index contributed by atoms with van der Waals surface area (Å²) in [5, 5.41) is 17.7. The Labute approximate surface area is 130 Å². The first-order valence-electron chi connectivity index (χ1n) is 5.60. The Morgan fingerprint density at radius 1 is 1.38 bits per heavy atom. The molecule has 0 amide bonds. The van der Waals surface area contributed by atoms with Crippen LogP contribution in [0.15, 0.2) is 0 Å². The third-order valence-corrected chi connectivity index (χ3v) is 3.56. The van der Waals surface area contributed by atoms with E-state index in [2.05, 4.69) is 20.6 Å². The molecule has 9 nitrogen and oxygen atoms in total. The fourth-order valence-electron chi connectivity index (χ4n) is 1.26. The number of nitrogens with zero attached hydrogens (tertiary/aromatic N) is 4. The van der Waals surface area contributed by atoms with Gasteiger partial charge in [-0.05, 0) is 13.8 Å². The molecule has 0 saturated heterocycles. The van der Waals surface area contributed by atoms with Gasteiger partial charge in [0.2, 0.25) is 5.13 Å². The van der Waals surface area contributed by atoms with Gasteiger partial charge in [0.25, 0.3) is 0 Å². The molecule has 0 aliphatic heterocycles. The fraction of sp³-hybridized carbons (Fsp3) is 0.444. The normalized spacial score (nSPS) is 11.0. The Hall–Kier alpha value is -1.27. The number of hydrogen-bond acceptors (Lipinski definition) is 7. The molecule has 0 atom stereocenters. The van der Waals surface area contributed by atoms with E-state index in [4.69, 9.17) is 29.1 Å². The van der Waals surface area contributed by atoms with Gasteiger partial charge in [0.15, 0.2) is 5.01 Å². The Balaban J connectivity index is 0.000000383. The summed E-state index contributed by atoms with van der Waals surface area (Å²) in [6.45, 7) is 4.76. The lowest BCUT2D eigenvalue weighted by molar-refractivity contribution is 0.381. The molecule has 2 heterocycles. The van der Waals surface area contributed by atoms with Crippen LogP contribution in [0.3, 0.4) is 0 Å². The van der Waals surface area contributed by atoms with Gasteiger partial charge in [0, 0.05) is 13.6 Å². The summed E-state index contributed by atoms with van der Waals surface area (Å²) in [6, 6.07) is 0. The lowest BCUT2D eigenvalue weighted by Crippen LogP contribution is -1.94. The average molecular weight is 356 g/mol. The topological polar surface area (TPSA) is 130 Å². The molecule has 0 aliphatic carbocycles. The Kier molecular flexibility index (Phi) is 6.04. The predicted molar refractivity (Wildman–Crippen MR) is 80.2 cm³/mol. The van der Waals surface area contributed by atoms with Crippen molar-refractivity contribution in [2.24, 2.45) is 7.05 Å². The SMILES string of the molecule is CCNc1nnc(-c2nn(C)c(C)c2Cl)s1.O=S(=O)(O)O. The first-order chi connectivity index (χ1) is 9.63. The first-order valence-corrected chi connectivity index (χ1v) is 8.19. The van der Waals surface area contributed by atoms with Crippen molar-refractivity contribution in [2.75, 3.05) is 11.9 Å². The number of hydrogen-bond donors (Lipinski definition) is 3. The number of anilines is 1. The van der Waals surface area contributed by atoms with E-state index in [1.165, 1.54) is 11.3 Å². The third kappa shape index (κ3) is 5.55. The van der Waals surface area contributed by atoms with Gasteiger partial charge in [-0.25, -0.2) is 0 Å². The molecule has 2 aromatic heterocycles. The monoisotopic (exact) mass is 355 g/mol. The maximum absolute atomic E-state index is 8.74. The molecule has 118 valence electrons. The van der Waals surface area contributed by atoms with E-state index >= 15 is 0 Å². The fourth-order valence-corrected chi connectivity index (χ4v) is 2.37. The Bertz CT molecular complexity index is 704. The van der Waals surface area contributed by atoms with Crippen molar-refractivity contribution < 1.29 is 17.5 Å². The minimum absolute atomic E-state index is 0.640. The highest BCUT2D eigenvalue weighted by molar-refractivity contribution is 7.79. The molecule has 0 aliphatic rings. The lowest BCUT2D eigenvalue weighted by atomic mass is 10.4. The van der Waals surface area contributed by atoms with Crippen LogP contribution in [-0.2, 0) is 17.4 Å². The maximum Gasteiger partial charge on any atom is 0.394 e. The van der Waals surface area contributed by atoms with Crippen LogP contribution in [0, 0.1) is 6.92 Å². The zero-order valence-electron chi connectivity index (χ0n) is 11.4. The first kappa shape index (κ1) is 17.8. The Morgan fingerprint density at radius 2 is 1.95 bits per heavy atom. The molecule has 0 aromatic carbocycles. The minimum atomic E-state index is -4.67. The highest BCUT2D eigenvalue weighted by atomic mass is 35.5. The number of nitrogens with one attached hydrogen (secondary N) is 1. The van der Waals surface area contributed by atoms with E-state index in [9.17, 15) is 0 Å². The van der Waals surface area contributed by atoms with Gasteiger partial charge in [0.05, 0.1) is 10.7 Å². The molecular formula is C9H14ClN5O4S2. The molecular weight excluding hydrogens is 342 g/mol. The van der Waals surface area contributed by atoms with E-state index in [1.807, 2.05) is 20.9 Å². The second kappa shape index (κ2) is 7.13. The van der Waals surface area contributed by atoms with E-state index in [1.54, 1.807) is 4.68 Å². The van der Waals surface area contributed by atoms with E-state index in [0.29, 0.717) is 10.7 Å². The molecule has 0 radical (unpaired) electrons. The largest absolute Gasteiger partial charge is 0.394 e. The summed E-state index contributed by atoms with van der Waals surface area (Å²) in [4.78, 5) is 0. The summed E-state index contributed by atoms with van der Waals surface area (Å²) in [5.41, 5.74) is 1.63. The molecule has 0 bridgehead atoms. The van der Waals surface area contributed by atoms with Crippen LogP contribution in [0.5, 0.6) is 0 Å². The molecule has 2 rings (SSSR count). The molecule has 0 spiro atoms. The van der Waals surface area contributed by atoms with Crippen LogP contribution in [0.25, 0.3) is 10.7 Å². The summed E-state index contributed by atoms with van der Waals surface area (Å²) in [6.07, 6.45) is 0. The van der Waals surface area contributed by atoms with Crippen LogP contribution < -0.4 is 5.32 Å². The molecule has 3 N–H and O–H groups in total. The van der Waals surface area contributed by atoms with Gasteiger partial charge in [-0.15, -0.1) is 10.2 Å². The molecule has 0 saturated carbocycles. The van der Waals surface area contributed by atoms with E-state index in [-0.39, 0.29) is 0 Å². The number of aromatic nitrogens is 4. The van der Waals surface area contributed by atoms with Gasteiger partial charge in [-0.3, -0.25) is 13.8 Å². The smallest absolute Gasteiger partial charge is 0.360 e. The van der Waals surface area contributed by atoms with E-state index in [0.717, 1.165) is 22.4 Å². The van der Waals surface area contributed by atoms with Crippen molar-refractivity contribution >= 4 is 38.5 Å². The summed E-state index contributed by atoms with van der Waals surface area (Å²) in [7, 11) is -2.81. The lowest BCUT2D eigenvalue weighted by Gasteiger charge is -1.91. The zero-order chi connectivity index (χ0) is 16.2. The third-order valence-electron chi connectivity index (χ3n) is 2.22. The molecule has 0 fully saturated rings. The van der Waals surface area contributed by atoms with Crippen LogP contribution in [0.1, 0.15) is 12.6 Å².